The third-order valence-corrected chi connectivity index (χ3v) is 5.75. The van der Waals surface area contributed by atoms with Crippen LogP contribution in [0.15, 0.2) is 48.7 Å². The topological polar surface area (TPSA) is 68.9 Å². The number of nitrogens with two attached hydrogens (primary N) is 1. The van der Waals surface area contributed by atoms with Crippen LogP contribution in [0.4, 0.5) is 4.39 Å². The van der Waals surface area contributed by atoms with Crippen LogP contribution in [-0.2, 0) is 0 Å². The smallest absolute Gasteiger partial charge is 0.248 e. The lowest BCUT2D eigenvalue weighted by Gasteiger charge is -2.06. The first-order chi connectivity index (χ1) is 12.9. The lowest BCUT2D eigenvalue weighted by atomic mass is 10.0. The first kappa shape index (κ1) is 17.3. The third-order valence-electron chi connectivity index (χ3n) is 4.56. The molecule has 4 rings (SSSR count). The molecule has 0 radical (unpaired) electrons. The molecule has 2 heterocycles. The highest BCUT2D eigenvalue weighted by atomic mass is 32.1. The lowest BCUT2D eigenvalue weighted by molar-refractivity contribution is 0.100. The summed E-state index contributed by atoms with van der Waals surface area (Å²) in [5.74, 6) is -0.731. The summed E-state index contributed by atoms with van der Waals surface area (Å²) < 4.78 is 14.4. The highest BCUT2D eigenvalue weighted by Crippen LogP contribution is 2.39. The molecule has 2 aromatic heterocycles. The van der Waals surface area contributed by atoms with E-state index in [1.54, 1.807) is 29.7 Å². The summed E-state index contributed by atoms with van der Waals surface area (Å²) in [7, 11) is 0. The molecular weight excluding hydrogens is 361 g/mol. The summed E-state index contributed by atoms with van der Waals surface area (Å²) in [6.45, 7) is 3.85. The Hall–Kier alpha value is -3.12. The molecule has 2 N–H and O–H groups in total. The number of hydrogen-bond donors (Lipinski definition) is 1. The Labute approximate surface area is 159 Å². The molecule has 27 heavy (non-hydrogen) atoms. The fourth-order valence-electron chi connectivity index (χ4n) is 3.12. The quantitative estimate of drug-likeness (QED) is 0.553. The van der Waals surface area contributed by atoms with Gasteiger partial charge in [-0.3, -0.25) is 4.79 Å². The number of aryl methyl sites for hydroxylation is 2. The Balaban J connectivity index is 1.92. The first-order valence-electron chi connectivity index (χ1n) is 8.36. The second kappa shape index (κ2) is 6.55. The second-order valence-electron chi connectivity index (χ2n) is 6.44. The van der Waals surface area contributed by atoms with Gasteiger partial charge in [0, 0.05) is 21.4 Å². The van der Waals surface area contributed by atoms with Gasteiger partial charge in [-0.1, -0.05) is 6.07 Å². The van der Waals surface area contributed by atoms with Gasteiger partial charge in [0.2, 0.25) is 5.91 Å². The van der Waals surface area contributed by atoms with Gasteiger partial charge < -0.3 is 5.73 Å². The summed E-state index contributed by atoms with van der Waals surface area (Å²) in [5, 5.41) is 9.37. The number of nitrogens with zero attached hydrogens (tertiary/aromatic N) is 2. The van der Waals surface area contributed by atoms with Gasteiger partial charge in [0.25, 0.3) is 0 Å². The molecule has 0 bridgehead atoms. The van der Waals surface area contributed by atoms with E-state index in [0.29, 0.717) is 5.56 Å². The van der Waals surface area contributed by atoms with Crippen LogP contribution in [0.5, 0.6) is 0 Å². The van der Waals surface area contributed by atoms with Crippen molar-refractivity contribution in [3.63, 3.8) is 0 Å². The Morgan fingerprint density at radius 3 is 2.59 bits per heavy atom. The number of amides is 1. The minimum absolute atomic E-state index is 0.276. The van der Waals surface area contributed by atoms with Crippen LogP contribution in [0.1, 0.15) is 21.5 Å². The molecule has 4 aromatic rings. The normalized spacial score (nSPS) is 11.1. The van der Waals surface area contributed by atoms with E-state index < -0.39 is 5.91 Å². The first-order valence-corrected chi connectivity index (χ1v) is 9.18. The number of halogens is 1. The number of carbonyl (C=O) groups excluding carboxylic acids is 1. The summed E-state index contributed by atoms with van der Waals surface area (Å²) in [6.07, 6.45) is 1.71. The van der Waals surface area contributed by atoms with E-state index >= 15 is 0 Å². The van der Waals surface area contributed by atoms with E-state index in [4.69, 9.17) is 5.73 Å². The number of carbonyl (C=O) groups is 1. The van der Waals surface area contributed by atoms with Crippen LogP contribution in [0, 0.1) is 19.7 Å². The van der Waals surface area contributed by atoms with Gasteiger partial charge in [-0.15, -0.1) is 16.4 Å². The van der Waals surface area contributed by atoms with Crippen LogP contribution in [0.25, 0.3) is 31.8 Å². The summed E-state index contributed by atoms with van der Waals surface area (Å²) in [6, 6.07) is 12.1. The van der Waals surface area contributed by atoms with Gasteiger partial charge in [0.05, 0.1) is 10.9 Å². The zero-order valence-corrected chi connectivity index (χ0v) is 15.6. The van der Waals surface area contributed by atoms with Gasteiger partial charge in [-0.05, 0) is 66.9 Å². The van der Waals surface area contributed by atoms with Gasteiger partial charge in [0.1, 0.15) is 11.5 Å². The van der Waals surface area contributed by atoms with Gasteiger partial charge in [-0.2, -0.15) is 5.10 Å². The molecular formula is C21H16FN3OS. The molecule has 0 aliphatic heterocycles. The molecule has 0 unspecified atom stereocenters. The summed E-state index contributed by atoms with van der Waals surface area (Å²) in [4.78, 5) is 12.5. The van der Waals surface area contributed by atoms with Gasteiger partial charge in [-0.25, -0.2) is 4.39 Å². The van der Waals surface area contributed by atoms with Crippen molar-refractivity contribution in [3.05, 3.63) is 71.2 Å². The van der Waals surface area contributed by atoms with E-state index in [9.17, 15) is 9.18 Å². The number of rotatable bonds is 3. The number of hydrogen-bond acceptors (Lipinski definition) is 4. The van der Waals surface area contributed by atoms with Crippen molar-refractivity contribution >= 4 is 27.3 Å². The van der Waals surface area contributed by atoms with Crippen molar-refractivity contribution in [1.29, 1.82) is 0 Å². The molecule has 1 amide bonds. The fraction of sp³-hybridized carbons (Fsp3) is 0.0952. The molecule has 4 nitrogen and oxygen atoms in total. The maximum absolute atomic E-state index is 13.5. The molecule has 0 atom stereocenters. The number of thiophene rings is 1. The van der Waals surface area contributed by atoms with Crippen LogP contribution in [-0.4, -0.2) is 16.1 Å². The van der Waals surface area contributed by atoms with E-state index in [0.717, 1.165) is 42.9 Å². The Morgan fingerprint density at radius 1 is 1.04 bits per heavy atom. The third kappa shape index (κ3) is 3.08. The van der Waals surface area contributed by atoms with Crippen molar-refractivity contribution in [1.82, 2.24) is 10.2 Å². The van der Waals surface area contributed by atoms with Gasteiger partial charge in [0.15, 0.2) is 0 Å². The zero-order chi connectivity index (χ0) is 19.1. The molecule has 134 valence electrons. The van der Waals surface area contributed by atoms with E-state index in [2.05, 4.69) is 10.2 Å². The predicted molar refractivity (Wildman–Crippen MR) is 106 cm³/mol. The van der Waals surface area contributed by atoms with Crippen LogP contribution < -0.4 is 5.73 Å². The molecule has 0 spiro atoms. The van der Waals surface area contributed by atoms with Gasteiger partial charge >= 0.3 is 0 Å². The molecule has 0 saturated carbocycles. The summed E-state index contributed by atoms with van der Waals surface area (Å²) in [5.41, 5.74) is 10.3. The minimum atomic E-state index is -0.455. The maximum Gasteiger partial charge on any atom is 0.248 e. The minimum Gasteiger partial charge on any atom is -0.366 e. The van der Waals surface area contributed by atoms with Crippen LogP contribution in [0.3, 0.4) is 0 Å². The van der Waals surface area contributed by atoms with Crippen molar-refractivity contribution in [3.8, 4) is 21.7 Å². The highest BCUT2D eigenvalue weighted by Gasteiger charge is 2.15. The number of fused-ring (bicyclic) bond motifs is 1. The standard InChI is InChI=1S/C21H16FN3OS/c1-11-3-4-13(21(23)26)8-17(11)18-9-14-10-24-25-19(20(14)27-18)16-6-5-15(22)7-12(16)2/h3-10H,1-2H3,(H2,23,26). The molecule has 0 fully saturated rings. The SMILES string of the molecule is Cc1ccc(C(N)=O)cc1-c1cc2cnnc(-c3ccc(F)cc3C)c2s1. The summed E-state index contributed by atoms with van der Waals surface area (Å²) >= 11 is 1.57. The lowest BCUT2D eigenvalue weighted by Crippen LogP contribution is -2.10. The molecule has 2 aromatic carbocycles. The number of aromatic nitrogens is 2. The van der Waals surface area contributed by atoms with Crippen LogP contribution in [0.2, 0.25) is 0 Å². The molecule has 0 aliphatic carbocycles. The highest BCUT2D eigenvalue weighted by molar-refractivity contribution is 7.22. The fourth-order valence-corrected chi connectivity index (χ4v) is 4.34. The van der Waals surface area contributed by atoms with E-state index in [-0.39, 0.29) is 5.82 Å². The molecule has 0 aliphatic rings. The monoisotopic (exact) mass is 377 g/mol. The molecule has 6 heteroatoms. The Kier molecular flexibility index (Phi) is 4.20. The van der Waals surface area contributed by atoms with E-state index in [1.807, 2.05) is 32.0 Å². The largest absolute Gasteiger partial charge is 0.366 e. The van der Waals surface area contributed by atoms with Crippen molar-refractivity contribution in [2.24, 2.45) is 5.73 Å². The zero-order valence-electron chi connectivity index (χ0n) is 14.8. The Morgan fingerprint density at radius 2 is 1.85 bits per heavy atom. The molecule has 0 saturated heterocycles. The Bertz CT molecular complexity index is 1200. The number of benzene rings is 2. The van der Waals surface area contributed by atoms with Crippen molar-refractivity contribution in [2.45, 2.75) is 13.8 Å². The van der Waals surface area contributed by atoms with Crippen LogP contribution >= 0.6 is 11.3 Å². The predicted octanol–water partition coefficient (Wildman–Crippen LogP) is 4.88. The van der Waals surface area contributed by atoms with Crippen molar-refractivity contribution in [2.75, 3.05) is 0 Å². The average molecular weight is 377 g/mol. The van der Waals surface area contributed by atoms with Crippen molar-refractivity contribution < 1.29 is 9.18 Å². The second-order valence-corrected chi connectivity index (χ2v) is 7.49. The van der Waals surface area contributed by atoms with E-state index in [1.165, 1.54) is 12.1 Å². The number of primary amides is 1. The maximum atomic E-state index is 13.5. The average Bonchev–Trinajstić information content (AvgIpc) is 3.06.